The van der Waals surface area contributed by atoms with E-state index in [-0.39, 0.29) is 17.9 Å². The van der Waals surface area contributed by atoms with Crippen molar-refractivity contribution in [2.45, 2.75) is 6.54 Å². The third-order valence-electron chi connectivity index (χ3n) is 2.31. The van der Waals surface area contributed by atoms with Gasteiger partial charge in [0.2, 0.25) is 0 Å². The number of benzene rings is 1. The van der Waals surface area contributed by atoms with Crippen LogP contribution in [0.1, 0.15) is 11.1 Å². The van der Waals surface area contributed by atoms with Gasteiger partial charge in [-0.2, -0.15) is 9.94 Å². The van der Waals surface area contributed by atoms with Crippen LogP contribution in [0.5, 0.6) is 0 Å². The Bertz CT molecular complexity index is 645. The van der Waals surface area contributed by atoms with Crippen molar-refractivity contribution < 1.29 is 9.31 Å². The summed E-state index contributed by atoms with van der Waals surface area (Å²) in [6, 6.07) is 7.09. The summed E-state index contributed by atoms with van der Waals surface area (Å²) in [7, 11) is 0. The second-order valence-electron chi connectivity index (χ2n) is 3.55. The molecule has 0 aliphatic carbocycles. The first-order chi connectivity index (χ1) is 8.60. The van der Waals surface area contributed by atoms with E-state index < -0.39 is 10.7 Å². The fraction of sp³-hybridized carbons (Fsp3) is 0.0909. The molecule has 0 spiro atoms. The van der Waals surface area contributed by atoms with Crippen molar-refractivity contribution in [2.75, 3.05) is 0 Å². The van der Waals surface area contributed by atoms with Gasteiger partial charge in [-0.1, -0.05) is 6.07 Å². The molecule has 0 radical (unpaired) electrons. The first-order valence-corrected chi connectivity index (χ1v) is 4.96. The van der Waals surface area contributed by atoms with Crippen LogP contribution in [0, 0.1) is 27.3 Å². The second kappa shape index (κ2) is 4.63. The van der Waals surface area contributed by atoms with Gasteiger partial charge in [-0.05, 0) is 22.6 Å². The normalized spacial score (nSPS) is 10.0. The Morgan fingerprint density at radius 1 is 1.50 bits per heavy atom. The van der Waals surface area contributed by atoms with Gasteiger partial charge in [-0.3, -0.25) is 0 Å². The summed E-state index contributed by atoms with van der Waals surface area (Å²) in [5.41, 5.74) is 0.583. The Morgan fingerprint density at radius 2 is 2.28 bits per heavy atom. The molecule has 1 aromatic heterocycles. The smallest absolute Gasteiger partial charge is 0.358 e. The number of halogens is 1. The zero-order valence-corrected chi connectivity index (χ0v) is 9.08. The standard InChI is InChI=1S/C11H7FN4O2/c12-10-2-1-8(5-9(10)6-13)7-15-4-3-11(14-15)16(17)18/h1-5H,7H2. The molecule has 0 unspecified atom stereocenters. The highest BCUT2D eigenvalue weighted by Gasteiger charge is 2.11. The summed E-state index contributed by atoms with van der Waals surface area (Å²) in [6.45, 7) is 0.239. The van der Waals surface area contributed by atoms with Crippen molar-refractivity contribution in [3.05, 3.63) is 57.5 Å². The van der Waals surface area contributed by atoms with E-state index in [0.29, 0.717) is 5.56 Å². The van der Waals surface area contributed by atoms with Crippen LogP contribution in [-0.4, -0.2) is 14.7 Å². The summed E-state index contributed by atoms with van der Waals surface area (Å²) in [4.78, 5) is 9.85. The number of nitrogens with zero attached hydrogens (tertiary/aromatic N) is 4. The van der Waals surface area contributed by atoms with Crippen molar-refractivity contribution in [3.63, 3.8) is 0 Å². The predicted octanol–water partition coefficient (Wildman–Crippen LogP) is 1.85. The number of hydrogen-bond donors (Lipinski definition) is 0. The van der Waals surface area contributed by atoms with E-state index in [1.165, 1.54) is 35.1 Å². The lowest BCUT2D eigenvalue weighted by atomic mass is 10.1. The summed E-state index contributed by atoms with van der Waals surface area (Å²) < 4.78 is 14.4. The molecule has 1 aromatic carbocycles. The van der Waals surface area contributed by atoms with Crippen molar-refractivity contribution in [1.29, 1.82) is 5.26 Å². The second-order valence-corrected chi connectivity index (χ2v) is 3.55. The molecule has 6 nitrogen and oxygen atoms in total. The zero-order chi connectivity index (χ0) is 13.1. The van der Waals surface area contributed by atoms with Crippen LogP contribution in [-0.2, 0) is 6.54 Å². The maximum Gasteiger partial charge on any atom is 0.389 e. The molecule has 1 heterocycles. The number of nitriles is 1. The van der Waals surface area contributed by atoms with Crippen LogP contribution in [0.2, 0.25) is 0 Å². The van der Waals surface area contributed by atoms with E-state index in [1.54, 1.807) is 6.07 Å². The van der Waals surface area contributed by atoms with E-state index >= 15 is 0 Å². The minimum Gasteiger partial charge on any atom is -0.358 e. The third-order valence-corrected chi connectivity index (χ3v) is 2.31. The Hall–Kier alpha value is -2.75. The molecule has 0 amide bonds. The van der Waals surface area contributed by atoms with Crippen molar-refractivity contribution in [2.24, 2.45) is 0 Å². The minimum atomic E-state index is -0.595. The van der Waals surface area contributed by atoms with E-state index in [4.69, 9.17) is 5.26 Å². The molecule has 90 valence electrons. The zero-order valence-electron chi connectivity index (χ0n) is 9.08. The molecule has 0 aliphatic heterocycles. The Kier molecular flexibility index (Phi) is 3.02. The highest BCUT2D eigenvalue weighted by atomic mass is 19.1. The number of rotatable bonds is 3. The summed E-state index contributed by atoms with van der Waals surface area (Å²) in [5.74, 6) is -0.842. The average Bonchev–Trinajstić information content (AvgIpc) is 2.80. The summed E-state index contributed by atoms with van der Waals surface area (Å²) in [6.07, 6.45) is 1.45. The van der Waals surface area contributed by atoms with Crippen LogP contribution >= 0.6 is 0 Å². The molecule has 0 aliphatic rings. The van der Waals surface area contributed by atoms with E-state index in [9.17, 15) is 14.5 Å². The summed E-state index contributed by atoms with van der Waals surface area (Å²) >= 11 is 0. The van der Waals surface area contributed by atoms with Gasteiger partial charge in [0.1, 0.15) is 11.9 Å². The number of aromatic nitrogens is 2. The maximum atomic E-state index is 13.1. The fourth-order valence-electron chi connectivity index (χ4n) is 1.48. The van der Waals surface area contributed by atoms with E-state index in [2.05, 4.69) is 5.10 Å². The molecule has 0 atom stereocenters. The third kappa shape index (κ3) is 2.32. The largest absolute Gasteiger partial charge is 0.389 e. The van der Waals surface area contributed by atoms with E-state index in [1.807, 2.05) is 0 Å². The SMILES string of the molecule is N#Cc1cc(Cn2ccc([N+](=O)[O-])n2)ccc1F. The van der Waals surface area contributed by atoms with Crippen LogP contribution in [0.25, 0.3) is 0 Å². The lowest BCUT2D eigenvalue weighted by molar-refractivity contribution is -0.389. The topological polar surface area (TPSA) is 84.8 Å². The molecule has 2 rings (SSSR count). The van der Waals surface area contributed by atoms with Crippen LogP contribution in [0.3, 0.4) is 0 Å². The van der Waals surface area contributed by atoms with E-state index in [0.717, 1.165) is 0 Å². The van der Waals surface area contributed by atoms with Gasteiger partial charge < -0.3 is 10.1 Å². The van der Waals surface area contributed by atoms with Crippen LogP contribution in [0.15, 0.2) is 30.5 Å². The van der Waals surface area contributed by atoms with Gasteiger partial charge in [0.15, 0.2) is 0 Å². The monoisotopic (exact) mass is 246 g/mol. The first kappa shape index (κ1) is 11.7. The predicted molar refractivity (Wildman–Crippen MR) is 59.1 cm³/mol. The molecule has 2 aromatic rings. The molecule has 0 N–H and O–H groups in total. The molecule has 7 heteroatoms. The Morgan fingerprint density at radius 3 is 2.89 bits per heavy atom. The molecular formula is C11H7FN4O2. The quantitative estimate of drug-likeness (QED) is 0.611. The number of nitro groups is 1. The summed E-state index contributed by atoms with van der Waals surface area (Å²) in [5, 5.41) is 22.9. The van der Waals surface area contributed by atoms with Gasteiger partial charge >= 0.3 is 5.82 Å². The highest BCUT2D eigenvalue weighted by molar-refractivity contribution is 5.34. The fourth-order valence-corrected chi connectivity index (χ4v) is 1.48. The number of hydrogen-bond acceptors (Lipinski definition) is 4. The Balaban J connectivity index is 2.23. The molecule has 0 saturated carbocycles. The van der Waals surface area contributed by atoms with Crippen LogP contribution in [0.4, 0.5) is 10.2 Å². The molecule has 0 saturated heterocycles. The van der Waals surface area contributed by atoms with Crippen LogP contribution < -0.4 is 0 Å². The highest BCUT2D eigenvalue weighted by Crippen LogP contribution is 2.12. The molecular weight excluding hydrogens is 239 g/mol. The van der Waals surface area contributed by atoms with Gasteiger partial charge in [0.05, 0.1) is 29.5 Å². The van der Waals surface area contributed by atoms with Gasteiger partial charge in [0, 0.05) is 0 Å². The van der Waals surface area contributed by atoms with Crippen molar-refractivity contribution in [3.8, 4) is 6.07 Å². The van der Waals surface area contributed by atoms with Crippen molar-refractivity contribution >= 4 is 5.82 Å². The minimum absolute atomic E-state index is 0.0610. The molecule has 0 fully saturated rings. The maximum absolute atomic E-state index is 13.1. The lowest BCUT2D eigenvalue weighted by Crippen LogP contribution is -2.02. The first-order valence-electron chi connectivity index (χ1n) is 4.96. The van der Waals surface area contributed by atoms with Gasteiger partial charge in [0.25, 0.3) is 0 Å². The van der Waals surface area contributed by atoms with Gasteiger partial charge in [-0.25, -0.2) is 4.39 Å². The molecule has 18 heavy (non-hydrogen) atoms. The van der Waals surface area contributed by atoms with Crippen molar-refractivity contribution in [1.82, 2.24) is 9.78 Å². The molecule has 0 bridgehead atoms. The average molecular weight is 246 g/mol. The lowest BCUT2D eigenvalue weighted by Gasteiger charge is -2.00. The van der Waals surface area contributed by atoms with Gasteiger partial charge in [-0.15, -0.1) is 0 Å². The Labute approximate surface area is 101 Å².